The summed E-state index contributed by atoms with van der Waals surface area (Å²) in [5, 5.41) is 6.55. The molecule has 1 aliphatic rings. The average Bonchev–Trinajstić information content (AvgIpc) is 2.77. The Labute approximate surface area is 118 Å². The molecule has 2 atom stereocenters. The molecule has 0 spiro atoms. The van der Waals surface area contributed by atoms with E-state index in [-0.39, 0.29) is 11.9 Å². The Morgan fingerprint density at radius 1 is 1.42 bits per heavy atom. The van der Waals surface area contributed by atoms with Gasteiger partial charge in [0.2, 0.25) is 5.91 Å². The van der Waals surface area contributed by atoms with E-state index in [0.29, 0.717) is 18.3 Å². The summed E-state index contributed by atoms with van der Waals surface area (Å²) in [6, 6.07) is 0.282. The summed E-state index contributed by atoms with van der Waals surface area (Å²) in [4.78, 5) is 14.2. The van der Waals surface area contributed by atoms with Gasteiger partial charge in [-0.15, -0.1) is 0 Å². The van der Waals surface area contributed by atoms with Crippen LogP contribution in [0.25, 0.3) is 0 Å². The molecule has 1 fully saturated rings. The van der Waals surface area contributed by atoms with Crippen LogP contribution in [0.5, 0.6) is 0 Å². The Morgan fingerprint density at radius 3 is 2.68 bits per heavy atom. The second-order valence-electron chi connectivity index (χ2n) is 6.55. The first-order valence-electron chi connectivity index (χ1n) is 7.62. The number of rotatable bonds is 8. The summed E-state index contributed by atoms with van der Waals surface area (Å²) in [6.07, 6.45) is 3.97. The van der Waals surface area contributed by atoms with Crippen molar-refractivity contribution in [3.8, 4) is 0 Å². The van der Waals surface area contributed by atoms with Gasteiger partial charge in [0.15, 0.2) is 0 Å². The lowest BCUT2D eigenvalue weighted by Gasteiger charge is -2.24. The van der Waals surface area contributed by atoms with Gasteiger partial charge >= 0.3 is 0 Å². The molecule has 2 N–H and O–H groups in total. The second-order valence-corrected chi connectivity index (χ2v) is 6.55. The van der Waals surface area contributed by atoms with Crippen molar-refractivity contribution in [3.05, 3.63) is 0 Å². The zero-order chi connectivity index (χ0) is 14.3. The van der Waals surface area contributed by atoms with E-state index < -0.39 is 0 Å². The van der Waals surface area contributed by atoms with Crippen LogP contribution in [0.2, 0.25) is 0 Å². The monoisotopic (exact) mass is 269 g/mol. The topological polar surface area (TPSA) is 44.4 Å². The minimum Gasteiger partial charge on any atom is -0.352 e. The molecule has 1 amide bonds. The highest BCUT2D eigenvalue weighted by Crippen LogP contribution is 2.14. The minimum absolute atomic E-state index is 0.222. The van der Waals surface area contributed by atoms with Crippen molar-refractivity contribution in [2.24, 2.45) is 11.8 Å². The van der Waals surface area contributed by atoms with Gasteiger partial charge in [0.25, 0.3) is 0 Å². The van der Waals surface area contributed by atoms with Crippen LogP contribution < -0.4 is 10.6 Å². The molecule has 0 bridgehead atoms. The maximum Gasteiger partial charge on any atom is 0.220 e. The lowest BCUT2D eigenvalue weighted by Crippen LogP contribution is -2.42. The largest absolute Gasteiger partial charge is 0.352 e. The van der Waals surface area contributed by atoms with E-state index in [2.05, 4.69) is 43.5 Å². The fourth-order valence-corrected chi connectivity index (χ4v) is 2.78. The Kier molecular flexibility index (Phi) is 7.39. The standard InChI is InChI=1S/C15H31N3O/c1-12(2)9-14(11-18(3)4)17-15(19)6-5-13-7-8-16-10-13/h12-14,16H,5-11H2,1-4H3,(H,17,19). The third-order valence-corrected chi connectivity index (χ3v) is 3.65. The molecular weight excluding hydrogens is 238 g/mol. The van der Waals surface area contributed by atoms with Gasteiger partial charge in [-0.3, -0.25) is 4.79 Å². The van der Waals surface area contributed by atoms with Crippen LogP contribution in [0.15, 0.2) is 0 Å². The second kappa shape index (κ2) is 8.54. The number of amides is 1. The van der Waals surface area contributed by atoms with Gasteiger partial charge in [-0.05, 0) is 58.3 Å². The van der Waals surface area contributed by atoms with E-state index in [4.69, 9.17) is 0 Å². The van der Waals surface area contributed by atoms with E-state index in [1.807, 2.05) is 0 Å². The van der Waals surface area contributed by atoms with Crippen LogP contribution in [0.4, 0.5) is 0 Å². The van der Waals surface area contributed by atoms with Crippen LogP contribution >= 0.6 is 0 Å². The Balaban J connectivity index is 2.28. The summed E-state index contributed by atoms with van der Waals surface area (Å²) in [5.41, 5.74) is 0. The average molecular weight is 269 g/mol. The maximum absolute atomic E-state index is 12.0. The number of carbonyl (C=O) groups excluding carboxylic acids is 1. The third kappa shape index (κ3) is 7.53. The third-order valence-electron chi connectivity index (χ3n) is 3.65. The van der Waals surface area contributed by atoms with Gasteiger partial charge in [0, 0.05) is 19.0 Å². The Morgan fingerprint density at radius 2 is 2.16 bits per heavy atom. The molecule has 1 saturated heterocycles. The van der Waals surface area contributed by atoms with Crippen molar-refractivity contribution < 1.29 is 4.79 Å². The predicted octanol–water partition coefficient (Wildman–Crippen LogP) is 1.47. The zero-order valence-corrected chi connectivity index (χ0v) is 13.0. The van der Waals surface area contributed by atoms with Gasteiger partial charge in [-0.25, -0.2) is 0 Å². The fourth-order valence-electron chi connectivity index (χ4n) is 2.78. The molecule has 0 aliphatic carbocycles. The number of hydrogen-bond acceptors (Lipinski definition) is 3. The van der Waals surface area contributed by atoms with E-state index >= 15 is 0 Å². The SMILES string of the molecule is CC(C)CC(CN(C)C)NC(=O)CCC1CCNC1. The minimum atomic E-state index is 0.222. The number of hydrogen-bond donors (Lipinski definition) is 2. The molecule has 4 nitrogen and oxygen atoms in total. The maximum atomic E-state index is 12.0. The highest BCUT2D eigenvalue weighted by molar-refractivity contribution is 5.76. The molecule has 4 heteroatoms. The van der Waals surface area contributed by atoms with E-state index in [1.165, 1.54) is 6.42 Å². The van der Waals surface area contributed by atoms with Crippen molar-refractivity contribution in [1.82, 2.24) is 15.5 Å². The van der Waals surface area contributed by atoms with Gasteiger partial charge in [0.1, 0.15) is 0 Å². The number of nitrogens with one attached hydrogen (secondary N) is 2. The Hall–Kier alpha value is -0.610. The summed E-state index contributed by atoms with van der Waals surface area (Å²) in [6.45, 7) is 7.54. The van der Waals surface area contributed by atoms with E-state index in [0.717, 1.165) is 32.5 Å². The molecule has 0 aromatic rings. The van der Waals surface area contributed by atoms with Crippen molar-refractivity contribution in [1.29, 1.82) is 0 Å². The van der Waals surface area contributed by atoms with Gasteiger partial charge in [-0.1, -0.05) is 13.8 Å². The molecule has 0 aromatic heterocycles. The van der Waals surface area contributed by atoms with Crippen LogP contribution in [0.3, 0.4) is 0 Å². The first-order chi connectivity index (χ1) is 8.97. The Bertz CT molecular complexity index is 250. The first-order valence-corrected chi connectivity index (χ1v) is 7.62. The molecule has 1 rings (SSSR count). The van der Waals surface area contributed by atoms with Crippen LogP contribution in [-0.2, 0) is 4.79 Å². The van der Waals surface area contributed by atoms with Gasteiger partial charge in [0.05, 0.1) is 0 Å². The summed E-state index contributed by atoms with van der Waals surface area (Å²) >= 11 is 0. The molecule has 19 heavy (non-hydrogen) atoms. The van der Waals surface area contributed by atoms with Crippen LogP contribution in [-0.4, -0.2) is 50.6 Å². The normalized spacial score (nSPS) is 21.1. The lowest BCUT2D eigenvalue weighted by atomic mass is 10.0. The first kappa shape index (κ1) is 16.4. The molecule has 0 aromatic carbocycles. The van der Waals surface area contributed by atoms with Gasteiger partial charge < -0.3 is 15.5 Å². The number of carbonyl (C=O) groups is 1. The zero-order valence-electron chi connectivity index (χ0n) is 13.0. The summed E-state index contributed by atoms with van der Waals surface area (Å²) in [5.74, 6) is 1.53. The fraction of sp³-hybridized carbons (Fsp3) is 0.933. The quantitative estimate of drug-likeness (QED) is 0.701. The van der Waals surface area contributed by atoms with Crippen LogP contribution in [0.1, 0.15) is 39.5 Å². The molecule has 2 unspecified atom stereocenters. The van der Waals surface area contributed by atoms with Gasteiger partial charge in [-0.2, -0.15) is 0 Å². The van der Waals surface area contributed by atoms with E-state index in [1.54, 1.807) is 0 Å². The summed E-state index contributed by atoms with van der Waals surface area (Å²) in [7, 11) is 4.12. The van der Waals surface area contributed by atoms with Crippen molar-refractivity contribution in [3.63, 3.8) is 0 Å². The molecule has 1 heterocycles. The molecular formula is C15H31N3O. The van der Waals surface area contributed by atoms with Crippen molar-refractivity contribution >= 4 is 5.91 Å². The number of nitrogens with zero attached hydrogens (tertiary/aromatic N) is 1. The smallest absolute Gasteiger partial charge is 0.220 e. The van der Waals surface area contributed by atoms with Crippen molar-refractivity contribution in [2.75, 3.05) is 33.7 Å². The molecule has 0 saturated carbocycles. The van der Waals surface area contributed by atoms with Crippen LogP contribution in [0, 0.1) is 11.8 Å². The summed E-state index contributed by atoms with van der Waals surface area (Å²) < 4.78 is 0. The van der Waals surface area contributed by atoms with Crippen molar-refractivity contribution in [2.45, 2.75) is 45.6 Å². The molecule has 112 valence electrons. The molecule has 0 radical (unpaired) electrons. The number of likely N-dealkylation sites (N-methyl/N-ethyl adjacent to an activating group) is 1. The highest BCUT2D eigenvalue weighted by atomic mass is 16.1. The lowest BCUT2D eigenvalue weighted by molar-refractivity contribution is -0.122. The molecule has 1 aliphatic heterocycles. The van der Waals surface area contributed by atoms with E-state index in [9.17, 15) is 4.79 Å². The highest BCUT2D eigenvalue weighted by Gasteiger charge is 2.18. The predicted molar refractivity (Wildman–Crippen MR) is 80.2 cm³/mol.